The largest absolute Gasteiger partial charge is 0.369 e. The van der Waals surface area contributed by atoms with Crippen molar-refractivity contribution in [3.8, 4) is 6.07 Å². The number of nitriles is 1. The first-order chi connectivity index (χ1) is 11.7. The molecule has 0 amide bonds. The molecule has 4 rings (SSSR count). The van der Waals surface area contributed by atoms with Crippen molar-refractivity contribution in [3.05, 3.63) is 57.0 Å². The highest BCUT2D eigenvalue weighted by molar-refractivity contribution is 7.09. The van der Waals surface area contributed by atoms with Gasteiger partial charge in [0, 0.05) is 42.6 Å². The summed E-state index contributed by atoms with van der Waals surface area (Å²) in [5, 5.41) is 12.7. The van der Waals surface area contributed by atoms with Gasteiger partial charge in [-0.1, -0.05) is 17.7 Å². The molecule has 0 spiro atoms. The molecule has 0 radical (unpaired) electrons. The van der Waals surface area contributed by atoms with Gasteiger partial charge in [-0.25, -0.2) is 4.98 Å². The first kappa shape index (κ1) is 15.1. The Kier molecular flexibility index (Phi) is 3.70. The second-order valence-electron chi connectivity index (χ2n) is 6.40. The number of ketones is 1. The van der Waals surface area contributed by atoms with Gasteiger partial charge in [0.05, 0.1) is 10.7 Å². The maximum absolute atomic E-state index is 12.4. The Hall–Kier alpha value is -2.45. The van der Waals surface area contributed by atoms with Crippen LogP contribution in [0.15, 0.2) is 35.3 Å². The zero-order chi connectivity index (χ0) is 16.7. The van der Waals surface area contributed by atoms with E-state index in [2.05, 4.69) is 22.0 Å². The number of fused-ring (bicyclic) bond motifs is 1. The molecule has 0 saturated carbocycles. The van der Waals surface area contributed by atoms with Gasteiger partial charge in [0.2, 0.25) is 0 Å². The number of carbonyl (C=O) groups excluding carboxylic acids is 1. The number of allylic oxidation sites excluding steroid dienone is 1. The van der Waals surface area contributed by atoms with Crippen molar-refractivity contribution in [1.82, 2.24) is 9.88 Å². The third-order valence-electron chi connectivity index (χ3n) is 4.80. The number of thiazole rings is 1. The molecule has 2 aliphatic rings. The molecule has 2 heterocycles. The number of aryl methyl sites for hydroxylation is 1. The van der Waals surface area contributed by atoms with Crippen LogP contribution in [0.25, 0.3) is 5.70 Å². The molecular formula is C19H17N3OS. The molecule has 1 aliphatic heterocycles. The van der Waals surface area contributed by atoms with E-state index >= 15 is 0 Å². The molecule has 1 aromatic carbocycles. The van der Waals surface area contributed by atoms with E-state index in [1.54, 1.807) is 11.3 Å². The Morgan fingerprint density at radius 2 is 2.29 bits per heavy atom. The number of Topliss-reactive ketones (excluding diaryl/α,β-unsaturated/α-hetero) is 1. The minimum absolute atomic E-state index is 0.0680. The van der Waals surface area contributed by atoms with Gasteiger partial charge in [-0.2, -0.15) is 5.26 Å². The molecule has 0 bridgehead atoms. The molecule has 120 valence electrons. The normalized spacial score (nSPS) is 20.2. The van der Waals surface area contributed by atoms with Crippen LogP contribution in [0, 0.1) is 18.3 Å². The lowest BCUT2D eigenvalue weighted by Crippen LogP contribution is -2.27. The summed E-state index contributed by atoms with van der Waals surface area (Å²) in [6.07, 6.45) is 3.17. The van der Waals surface area contributed by atoms with Crippen LogP contribution in [0.5, 0.6) is 0 Å². The molecule has 1 fully saturated rings. The average Bonchev–Trinajstić information content (AvgIpc) is 3.25. The molecule has 24 heavy (non-hydrogen) atoms. The molecule has 1 saturated heterocycles. The Bertz CT molecular complexity index is 877. The summed E-state index contributed by atoms with van der Waals surface area (Å²) in [5.41, 5.74) is 4.36. The van der Waals surface area contributed by atoms with Crippen molar-refractivity contribution in [1.29, 1.82) is 5.26 Å². The predicted octanol–water partition coefficient (Wildman–Crippen LogP) is 3.30. The van der Waals surface area contributed by atoms with E-state index in [1.807, 2.05) is 30.6 Å². The molecule has 2 aromatic rings. The average molecular weight is 335 g/mol. The molecule has 1 aromatic heterocycles. The minimum atomic E-state index is -0.0680. The van der Waals surface area contributed by atoms with E-state index in [9.17, 15) is 10.1 Å². The van der Waals surface area contributed by atoms with Gasteiger partial charge in [0.25, 0.3) is 0 Å². The number of nitrogens with zero attached hydrogens (tertiary/aromatic N) is 3. The van der Waals surface area contributed by atoms with E-state index in [4.69, 9.17) is 0 Å². The van der Waals surface area contributed by atoms with Gasteiger partial charge >= 0.3 is 0 Å². The maximum Gasteiger partial charge on any atom is 0.179 e. The number of hydrogen-bond acceptors (Lipinski definition) is 5. The minimum Gasteiger partial charge on any atom is -0.369 e. The lowest BCUT2D eigenvalue weighted by molar-refractivity contribution is -0.114. The van der Waals surface area contributed by atoms with Gasteiger partial charge in [0.1, 0.15) is 11.6 Å². The van der Waals surface area contributed by atoms with Crippen LogP contribution < -0.4 is 0 Å². The maximum atomic E-state index is 12.4. The zero-order valence-electron chi connectivity index (χ0n) is 13.5. The summed E-state index contributed by atoms with van der Waals surface area (Å²) in [5.74, 6) is 0.310. The van der Waals surface area contributed by atoms with Crippen molar-refractivity contribution in [3.63, 3.8) is 0 Å². The molecule has 5 heteroatoms. The number of rotatable bonds is 2. The van der Waals surface area contributed by atoms with E-state index in [1.165, 1.54) is 0 Å². The fourth-order valence-electron chi connectivity index (χ4n) is 3.64. The lowest BCUT2D eigenvalue weighted by atomic mass is 9.87. The number of likely N-dealkylation sites (tertiary alicyclic amines) is 1. The standard InChI is InChI=1S/C19H17N3OS/c1-12-2-3-13-9-17(23)16(10-20)18(15(13)8-12)22-6-4-14(11-22)19-21-5-7-24-19/h2-3,5,7-8,14H,4,6,9,11H2,1H3. The van der Waals surface area contributed by atoms with Crippen LogP contribution in [0.3, 0.4) is 0 Å². The van der Waals surface area contributed by atoms with Crippen LogP contribution in [0.4, 0.5) is 0 Å². The third kappa shape index (κ3) is 2.44. The van der Waals surface area contributed by atoms with Crippen molar-refractivity contribution >= 4 is 22.8 Å². The number of carbonyl (C=O) groups is 1. The number of hydrogen-bond donors (Lipinski definition) is 0. The Balaban J connectivity index is 1.76. The van der Waals surface area contributed by atoms with Crippen molar-refractivity contribution in [2.24, 2.45) is 0 Å². The monoisotopic (exact) mass is 335 g/mol. The van der Waals surface area contributed by atoms with E-state index in [0.717, 1.165) is 46.9 Å². The fourth-order valence-corrected chi connectivity index (χ4v) is 4.41. The number of aromatic nitrogens is 1. The van der Waals surface area contributed by atoms with Gasteiger partial charge in [-0.3, -0.25) is 4.79 Å². The summed E-state index contributed by atoms with van der Waals surface area (Å²) >= 11 is 1.68. The third-order valence-corrected chi connectivity index (χ3v) is 5.74. The molecule has 1 aliphatic carbocycles. The van der Waals surface area contributed by atoms with Gasteiger partial charge in [-0.05, 0) is 25.0 Å². The highest BCUT2D eigenvalue weighted by atomic mass is 32.1. The summed E-state index contributed by atoms with van der Waals surface area (Å²) in [6.45, 7) is 3.71. The summed E-state index contributed by atoms with van der Waals surface area (Å²) < 4.78 is 0. The zero-order valence-corrected chi connectivity index (χ0v) is 14.3. The van der Waals surface area contributed by atoms with E-state index < -0.39 is 0 Å². The van der Waals surface area contributed by atoms with E-state index in [0.29, 0.717) is 17.9 Å². The van der Waals surface area contributed by atoms with Crippen LogP contribution in [-0.2, 0) is 11.2 Å². The van der Waals surface area contributed by atoms with Gasteiger partial charge < -0.3 is 4.90 Å². The van der Waals surface area contributed by atoms with Crippen molar-refractivity contribution in [2.45, 2.75) is 25.7 Å². The summed E-state index contributed by atoms with van der Waals surface area (Å²) in [4.78, 5) is 19.1. The first-order valence-electron chi connectivity index (χ1n) is 8.09. The quantitative estimate of drug-likeness (QED) is 0.845. The topological polar surface area (TPSA) is 57.0 Å². The Labute approximate surface area is 145 Å². The SMILES string of the molecule is Cc1ccc2c(c1)C(N1CCC(c3nccs3)C1)=C(C#N)C(=O)C2. The lowest BCUT2D eigenvalue weighted by Gasteiger charge is -2.28. The second kappa shape index (κ2) is 5.88. The highest BCUT2D eigenvalue weighted by Gasteiger charge is 2.34. The molecule has 0 N–H and O–H groups in total. The van der Waals surface area contributed by atoms with Gasteiger partial charge in [-0.15, -0.1) is 11.3 Å². The van der Waals surface area contributed by atoms with E-state index in [-0.39, 0.29) is 5.78 Å². The second-order valence-corrected chi connectivity index (χ2v) is 7.32. The van der Waals surface area contributed by atoms with Crippen LogP contribution in [-0.4, -0.2) is 28.8 Å². The predicted molar refractivity (Wildman–Crippen MR) is 93.5 cm³/mol. The first-order valence-corrected chi connectivity index (χ1v) is 8.97. The highest BCUT2D eigenvalue weighted by Crippen LogP contribution is 2.38. The molecule has 1 atom stereocenters. The van der Waals surface area contributed by atoms with Crippen LogP contribution in [0.2, 0.25) is 0 Å². The van der Waals surface area contributed by atoms with Crippen LogP contribution >= 0.6 is 11.3 Å². The fraction of sp³-hybridized carbons (Fsp3) is 0.316. The molecule has 1 unspecified atom stereocenters. The Morgan fingerprint density at radius 1 is 1.42 bits per heavy atom. The summed E-state index contributed by atoms with van der Waals surface area (Å²) in [7, 11) is 0. The number of benzene rings is 1. The van der Waals surface area contributed by atoms with Crippen molar-refractivity contribution < 1.29 is 4.79 Å². The molecular weight excluding hydrogens is 318 g/mol. The van der Waals surface area contributed by atoms with Crippen LogP contribution in [0.1, 0.15) is 34.0 Å². The van der Waals surface area contributed by atoms with Crippen molar-refractivity contribution in [2.75, 3.05) is 13.1 Å². The smallest absolute Gasteiger partial charge is 0.179 e. The van der Waals surface area contributed by atoms with Gasteiger partial charge in [0.15, 0.2) is 5.78 Å². The Morgan fingerprint density at radius 3 is 3.04 bits per heavy atom. The molecule has 4 nitrogen and oxygen atoms in total. The summed E-state index contributed by atoms with van der Waals surface area (Å²) in [6, 6.07) is 8.32.